The van der Waals surface area contributed by atoms with Gasteiger partial charge in [0.1, 0.15) is 5.75 Å². The van der Waals surface area contributed by atoms with Crippen LogP contribution < -0.4 is 5.73 Å². The second-order valence-electron chi connectivity index (χ2n) is 5.05. The van der Waals surface area contributed by atoms with Gasteiger partial charge in [-0.05, 0) is 61.2 Å². The van der Waals surface area contributed by atoms with Gasteiger partial charge in [-0.15, -0.1) is 0 Å². The summed E-state index contributed by atoms with van der Waals surface area (Å²) in [4.78, 5) is 0. The number of aromatic hydroxyl groups is 1. The van der Waals surface area contributed by atoms with Crippen LogP contribution in [0.2, 0.25) is 0 Å². The van der Waals surface area contributed by atoms with E-state index in [0.717, 1.165) is 30.4 Å². The van der Waals surface area contributed by atoms with Gasteiger partial charge in [0.25, 0.3) is 0 Å². The largest absolute Gasteiger partial charge is 0.507 e. The molecule has 0 fully saturated rings. The van der Waals surface area contributed by atoms with E-state index in [2.05, 4.69) is 30.9 Å². The highest BCUT2D eigenvalue weighted by molar-refractivity contribution is 5.50. The van der Waals surface area contributed by atoms with Gasteiger partial charge in [-0.3, -0.25) is 0 Å². The molecule has 2 nitrogen and oxygen atoms in total. The van der Waals surface area contributed by atoms with Crippen molar-refractivity contribution in [3.05, 3.63) is 64.7 Å². The highest BCUT2D eigenvalue weighted by atomic mass is 16.3. The maximum absolute atomic E-state index is 9.95. The van der Waals surface area contributed by atoms with Crippen LogP contribution in [-0.4, -0.2) is 11.7 Å². The Balaban J connectivity index is 2.18. The van der Waals surface area contributed by atoms with Crippen molar-refractivity contribution in [1.29, 1.82) is 0 Å². The van der Waals surface area contributed by atoms with Gasteiger partial charge in [0, 0.05) is 5.56 Å². The molecular formula is C19H21NO. The predicted octanol–water partition coefficient (Wildman–Crippen LogP) is 3.25. The van der Waals surface area contributed by atoms with Crippen LogP contribution in [0.5, 0.6) is 5.75 Å². The first kappa shape index (κ1) is 15.2. The van der Waals surface area contributed by atoms with Crippen LogP contribution in [0.4, 0.5) is 0 Å². The smallest absolute Gasteiger partial charge is 0.131 e. The van der Waals surface area contributed by atoms with Gasteiger partial charge in [0.2, 0.25) is 0 Å². The number of rotatable bonds is 4. The molecule has 0 radical (unpaired) electrons. The quantitative estimate of drug-likeness (QED) is 0.844. The fourth-order valence-corrected chi connectivity index (χ4v) is 2.15. The summed E-state index contributed by atoms with van der Waals surface area (Å²) in [5.74, 6) is 6.41. The summed E-state index contributed by atoms with van der Waals surface area (Å²) in [5, 5.41) is 9.95. The van der Waals surface area contributed by atoms with Gasteiger partial charge in [0.05, 0.1) is 5.56 Å². The summed E-state index contributed by atoms with van der Waals surface area (Å²) in [7, 11) is 0. The van der Waals surface area contributed by atoms with E-state index in [1.807, 2.05) is 24.3 Å². The molecule has 0 amide bonds. The van der Waals surface area contributed by atoms with Crippen molar-refractivity contribution in [2.75, 3.05) is 6.54 Å². The Bertz CT molecular complexity index is 665. The van der Waals surface area contributed by atoms with Gasteiger partial charge in [-0.2, -0.15) is 0 Å². The highest BCUT2D eigenvalue weighted by Crippen LogP contribution is 2.18. The fourth-order valence-electron chi connectivity index (χ4n) is 2.15. The van der Waals surface area contributed by atoms with Crippen LogP contribution in [0, 0.1) is 11.8 Å². The number of hydrogen-bond donors (Lipinski definition) is 2. The Kier molecular flexibility index (Phi) is 5.43. The molecule has 2 aromatic carbocycles. The second-order valence-corrected chi connectivity index (χ2v) is 5.05. The fraction of sp³-hybridized carbons (Fsp3) is 0.263. The van der Waals surface area contributed by atoms with E-state index in [1.165, 1.54) is 5.56 Å². The lowest BCUT2D eigenvalue weighted by Gasteiger charge is -2.01. The average molecular weight is 279 g/mol. The Morgan fingerprint density at radius 2 is 1.90 bits per heavy atom. The van der Waals surface area contributed by atoms with Crippen molar-refractivity contribution in [2.45, 2.75) is 26.2 Å². The van der Waals surface area contributed by atoms with Crippen molar-refractivity contribution in [3.8, 4) is 17.6 Å². The topological polar surface area (TPSA) is 46.2 Å². The van der Waals surface area contributed by atoms with Crippen LogP contribution in [0.15, 0.2) is 42.5 Å². The molecule has 0 aliphatic heterocycles. The number of benzene rings is 2. The second kappa shape index (κ2) is 7.52. The third-order valence-corrected chi connectivity index (χ3v) is 3.41. The molecule has 0 aromatic heterocycles. The summed E-state index contributed by atoms with van der Waals surface area (Å²) in [6.45, 7) is 2.76. The lowest BCUT2D eigenvalue weighted by Crippen LogP contribution is -2.00. The average Bonchev–Trinajstić information content (AvgIpc) is 2.52. The molecular weight excluding hydrogens is 258 g/mol. The van der Waals surface area contributed by atoms with Gasteiger partial charge in [-0.1, -0.05) is 37.0 Å². The van der Waals surface area contributed by atoms with Crippen molar-refractivity contribution < 1.29 is 5.11 Å². The van der Waals surface area contributed by atoms with E-state index in [9.17, 15) is 5.11 Å². The van der Waals surface area contributed by atoms with Crippen molar-refractivity contribution in [1.82, 2.24) is 0 Å². The van der Waals surface area contributed by atoms with E-state index in [0.29, 0.717) is 12.1 Å². The Labute approximate surface area is 126 Å². The molecule has 2 aromatic rings. The first-order valence-corrected chi connectivity index (χ1v) is 7.36. The highest BCUT2D eigenvalue weighted by Gasteiger charge is 1.99. The van der Waals surface area contributed by atoms with Crippen LogP contribution in [0.25, 0.3) is 0 Å². The molecule has 2 heteroatoms. The Hall–Kier alpha value is -2.24. The summed E-state index contributed by atoms with van der Waals surface area (Å²) in [6.07, 6.45) is 2.86. The predicted molar refractivity (Wildman–Crippen MR) is 87.3 cm³/mol. The minimum Gasteiger partial charge on any atom is -0.507 e. The molecule has 2 rings (SSSR count). The minimum absolute atomic E-state index is 0.251. The summed E-state index contributed by atoms with van der Waals surface area (Å²) < 4.78 is 0. The zero-order chi connectivity index (χ0) is 15.1. The maximum atomic E-state index is 9.95. The summed E-state index contributed by atoms with van der Waals surface area (Å²) in [6, 6.07) is 13.8. The summed E-state index contributed by atoms with van der Waals surface area (Å²) >= 11 is 0. The minimum atomic E-state index is 0.251. The first-order valence-electron chi connectivity index (χ1n) is 7.36. The van der Waals surface area contributed by atoms with Crippen molar-refractivity contribution in [2.24, 2.45) is 5.73 Å². The molecule has 0 heterocycles. The summed E-state index contributed by atoms with van der Waals surface area (Å²) in [5.41, 5.74) is 9.52. The zero-order valence-corrected chi connectivity index (χ0v) is 12.4. The molecule has 0 aliphatic carbocycles. The molecule has 0 unspecified atom stereocenters. The van der Waals surface area contributed by atoms with Crippen LogP contribution >= 0.6 is 0 Å². The number of nitrogens with two attached hydrogens (primary N) is 1. The van der Waals surface area contributed by atoms with E-state index >= 15 is 0 Å². The number of phenolic OH excluding ortho intramolecular Hbond substituents is 1. The van der Waals surface area contributed by atoms with Crippen LogP contribution in [-0.2, 0) is 12.8 Å². The molecule has 0 saturated carbocycles. The lowest BCUT2D eigenvalue weighted by atomic mass is 10.1. The number of hydrogen-bond acceptors (Lipinski definition) is 2. The standard InChI is InChI=1S/C19H21NO/c1-2-15-8-10-18(19(21)14-15)11-9-17-6-3-5-16(13-17)7-4-12-20/h3,5-6,8,10,13-14,21H,2,4,7,12,20H2,1H3. The molecule has 0 bridgehead atoms. The van der Waals surface area contributed by atoms with Crippen molar-refractivity contribution in [3.63, 3.8) is 0 Å². The van der Waals surface area contributed by atoms with Gasteiger partial charge < -0.3 is 10.8 Å². The molecule has 108 valence electrons. The third-order valence-electron chi connectivity index (χ3n) is 3.41. The van der Waals surface area contributed by atoms with Gasteiger partial charge >= 0.3 is 0 Å². The Morgan fingerprint density at radius 1 is 1.05 bits per heavy atom. The van der Waals surface area contributed by atoms with E-state index in [-0.39, 0.29) is 5.75 Å². The van der Waals surface area contributed by atoms with Crippen LogP contribution in [0.1, 0.15) is 35.6 Å². The van der Waals surface area contributed by atoms with Crippen LogP contribution in [0.3, 0.4) is 0 Å². The molecule has 0 aliphatic rings. The molecule has 21 heavy (non-hydrogen) atoms. The molecule has 3 N–H and O–H groups in total. The maximum Gasteiger partial charge on any atom is 0.131 e. The Morgan fingerprint density at radius 3 is 2.62 bits per heavy atom. The van der Waals surface area contributed by atoms with Crippen molar-refractivity contribution >= 4 is 0 Å². The SMILES string of the molecule is CCc1ccc(C#Cc2cccc(CCCN)c2)c(O)c1. The van der Waals surface area contributed by atoms with Gasteiger partial charge in [-0.25, -0.2) is 0 Å². The number of aryl methyl sites for hydroxylation is 2. The lowest BCUT2D eigenvalue weighted by molar-refractivity contribution is 0.473. The molecule has 0 saturated heterocycles. The monoisotopic (exact) mass is 279 g/mol. The third kappa shape index (κ3) is 4.37. The molecule has 0 spiro atoms. The van der Waals surface area contributed by atoms with E-state index < -0.39 is 0 Å². The zero-order valence-electron chi connectivity index (χ0n) is 12.4. The number of phenols is 1. The van der Waals surface area contributed by atoms with Gasteiger partial charge in [0.15, 0.2) is 0 Å². The first-order chi connectivity index (χ1) is 10.2. The molecule has 0 atom stereocenters. The van der Waals surface area contributed by atoms with E-state index in [1.54, 1.807) is 6.07 Å². The normalized spacial score (nSPS) is 10.0. The van der Waals surface area contributed by atoms with E-state index in [4.69, 9.17) is 5.73 Å².